The number of ether oxygens (including phenoxy) is 1. The number of aliphatic imine (C=N–C) groups is 1. The van der Waals surface area contributed by atoms with E-state index in [-0.39, 0.29) is 5.41 Å². The Morgan fingerprint density at radius 1 is 0.900 bits per heavy atom. The molecule has 0 amide bonds. The summed E-state index contributed by atoms with van der Waals surface area (Å²) in [5, 5.41) is 0. The third kappa shape index (κ3) is 2.03. The van der Waals surface area contributed by atoms with Gasteiger partial charge in [0.15, 0.2) is 0 Å². The zero-order chi connectivity index (χ0) is 14.0. The fraction of sp³-hybridized carbons (Fsp3) is 0.167. The van der Waals surface area contributed by atoms with Crippen LogP contribution in [0.4, 0.5) is 0 Å². The minimum Gasteiger partial charge on any atom is -0.442 e. The maximum atomic E-state index is 5.98. The van der Waals surface area contributed by atoms with E-state index in [0.29, 0.717) is 0 Å². The van der Waals surface area contributed by atoms with E-state index in [0.717, 1.165) is 17.2 Å². The second-order valence-corrected chi connectivity index (χ2v) is 5.07. The highest BCUT2D eigenvalue weighted by Crippen LogP contribution is 2.38. The van der Waals surface area contributed by atoms with Crippen LogP contribution in [0.3, 0.4) is 0 Å². The zero-order valence-corrected chi connectivity index (χ0v) is 11.7. The van der Waals surface area contributed by atoms with E-state index in [1.165, 1.54) is 5.56 Å². The summed E-state index contributed by atoms with van der Waals surface area (Å²) in [4.78, 5) is 4.34. The zero-order valence-electron chi connectivity index (χ0n) is 11.7. The summed E-state index contributed by atoms with van der Waals surface area (Å²) in [6, 6.07) is 20.5. The third-order valence-corrected chi connectivity index (χ3v) is 3.71. The van der Waals surface area contributed by atoms with E-state index in [1.807, 2.05) is 36.4 Å². The first kappa shape index (κ1) is 12.7. The van der Waals surface area contributed by atoms with E-state index < -0.39 is 0 Å². The Balaban J connectivity index is 2.08. The van der Waals surface area contributed by atoms with Crippen LogP contribution in [0.2, 0.25) is 0 Å². The monoisotopic (exact) mass is 263 g/mol. The highest BCUT2D eigenvalue weighted by atomic mass is 16.5. The molecule has 2 aromatic rings. The Bertz CT molecular complexity index is 658. The van der Waals surface area contributed by atoms with E-state index >= 15 is 0 Å². The van der Waals surface area contributed by atoms with Gasteiger partial charge < -0.3 is 4.74 Å². The molecule has 0 bridgehead atoms. The number of hydrogen-bond acceptors (Lipinski definition) is 2. The molecule has 0 saturated heterocycles. The first-order chi connectivity index (χ1) is 9.74. The highest BCUT2D eigenvalue weighted by Gasteiger charge is 2.39. The van der Waals surface area contributed by atoms with Crippen LogP contribution in [0.1, 0.15) is 18.1 Å². The van der Waals surface area contributed by atoms with Gasteiger partial charge in [-0.25, -0.2) is 0 Å². The molecule has 2 nitrogen and oxygen atoms in total. The molecule has 2 aromatic carbocycles. The summed E-state index contributed by atoms with van der Waals surface area (Å²) in [6.07, 6.45) is 2.15. The molecule has 0 fully saturated rings. The number of benzene rings is 2. The van der Waals surface area contributed by atoms with Gasteiger partial charge in [0.1, 0.15) is 5.76 Å². The first-order valence-electron chi connectivity index (χ1n) is 6.73. The van der Waals surface area contributed by atoms with Gasteiger partial charge in [0.25, 0.3) is 0 Å². The fourth-order valence-corrected chi connectivity index (χ4v) is 2.58. The van der Waals surface area contributed by atoms with Crippen LogP contribution >= 0.6 is 0 Å². The first-order valence-corrected chi connectivity index (χ1v) is 6.73. The predicted octanol–water partition coefficient (Wildman–Crippen LogP) is 4.04. The molecule has 0 saturated carbocycles. The SMILES string of the molecule is CN=C1OC(c2ccccc2)=CC1(C)c1ccccc1. The van der Waals surface area contributed by atoms with Crippen molar-refractivity contribution in [2.45, 2.75) is 12.3 Å². The van der Waals surface area contributed by atoms with Crippen LogP contribution in [-0.2, 0) is 10.2 Å². The summed E-state index contributed by atoms with van der Waals surface area (Å²) < 4.78 is 5.98. The smallest absolute Gasteiger partial charge is 0.204 e. The van der Waals surface area contributed by atoms with Gasteiger partial charge in [-0.05, 0) is 18.6 Å². The molecule has 1 aliphatic rings. The van der Waals surface area contributed by atoms with Crippen molar-refractivity contribution in [3.05, 3.63) is 77.9 Å². The van der Waals surface area contributed by atoms with Crippen LogP contribution < -0.4 is 0 Å². The second-order valence-electron chi connectivity index (χ2n) is 5.07. The van der Waals surface area contributed by atoms with Gasteiger partial charge in [0.2, 0.25) is 5.90 Å². The van der Waals surface area contributed by atoms with Crippen molar-refractivity contribution < 1.29 is 4.74 Å². The molecule has 3 rings (SSSR count). The van der Waals surface area contributed by atoms with Crippen molar-refractivity contribution in [3.63, 3.8) is 0 Å². The van der Waals surface area contributed by atoms with Gasteiger partial charge in [-0.1, -0.05) is 60.7 Å². The standard InChI is InChI=1S/C18H17NO/c1-18(15-11-7-4-8-12-15)13-16(20-17(18)19-2)14-9-5-3-6-10-14/h3-13H,1-2H3. The van der Waals surface area contributed by atoms with Crippen molar-refractivity contribution in [2.75, 3.05) is 7.05 Å². The quantitative estimate of drug-likeness (QED) is 0.801. The molecule has 0 N–H and O–H groups in total. The minimum atomic E-state index is -0.304. The predicted molar refractivity (Wildman–Crippen MR) is 82.7 cm³/mol. The van der Waals surface area contributed by atoms with Crippen molar-refractivity contribution in [2.24, 2.45) is 4.99 Å². The molecule has 0 radical (unpaired) electrons. The average Bonchev–Trinajstić information content (AvgIpc) is 2.87. The lowest BCUT2D eigenvalue weighted by Crippen LogP contribution is -2.27. The molecule has 100 valence electrons. The van der Waals surface area contributed by atoms with Crippen LogP contribution in [0.5, 0.6) is 0 Å². The molecule has 1 unspecified atom stereocenters. The molecule has 0 spiro atoms. The van der Waals surface area contributed by atoms with Gasteiger partial charge in [-0.2, -0.15) is 0 Å². The van der Waals surface area contributed by atoms with Crippen molar-refractivity contribution in [3.8, 4) is 0 Å². The highest BCUT2D eigenvalue weighted by molar-refractivity contribution is 5.99. The lowest BCUT2D eigenvalue weighted by atomic mass is 9.82. The largest absolute Gasteiger partial charge is 0.442 e. The maximum absolute atomic E-state index is 5.98. The van der Waals surface area contributed by atoms with Gasteiger partial charge in [0, 0.05) is 12.6 Å². The van der Waals surface area contributed by atoms with Gasteiger partial charge in [-0.3, -0.25) is 4.99 Å². The van der Waals surface area contributed by atoms with Gasteiger partial charge in [-0.15, -0.1) is 0 Å². The van der Waals surface area contributed by atoms with Crippen LogP contribution in [-0.4, -0.2) is 12.9 Å². The van der Waals surface area contributed by atoms with Gasteiger partial charge >= 0.3 is 0 Å². The Kier molecular flexibility index (Phi) is 3.15. The molecule has 20 heavy (non-hydrogen) atoms. The van der Waals surface area contributed by atoms with E-state index in [2.05, 4.69) is 42.3 Å². The van der Waals surface area contributed by atoms with E-state index in [1.54, 1.807) is 7.05 Å². The van der Waals surface area contributed by atoms with Crippen LogP contribution in [0.25, 0.3) is 5.76 Å². The number of rotatable bonds is 2. The molecule has 0 aromatic heterocycles. The number of nitrogens with zero attached hydrogens (tertiary/aromatic N) is 1. The summed E-state index contributed by atoms with van der Waals surface area (Å²) in [6.45, 7) is 2.14. The summed E-state index contributed by atoms with van der Waals surface area (Å²) in [5.74, 6) is 1.61. The number of hydrogen-bond donors (Lipinski definition) is 0. The topological polar surface area (TPSA) is 21.6 Å². The molecular formula is C18H17NO. The molecule has 1 aliphatic heterocycles. The Morgan fingerprint density at radius 2 is 1.50 bits per heavy atom. The minimum absolute atomic E-state index is 0.304. The van der Waals surface area contributed by atoms with Crippen molar-refractivity contribution in [1.29, 1.82) is 0 Å². The molecule has 1 heterocycles. The maximum Gasteiger partial charge on any atom is 0.204 e. The van der Waals surface area contributed by atoms with Crippen LogP contribution in [0.15, 0.2) is 71.7 Å². The summed E-state index contributed by atoms with van der Waals surface area (Å²) in [7, 11) is 1.78. The van der Waals surface area contributed by atoms with E-state index in [4.69, 9.17) is 4.74 Å². The van der Waals surface area contributed by atoms with Crippen LogP contribution in [0, 0.1) is 0 Å². The third-order valence-electron chi connectivity index (χ3n) is 3.71. The van der Waals surface area contributed by atoms with Crippen molar-refractivity contribution in [1.82, 2.24) is 0 Å². The molecule has 1 atom stereocenters. The lowest BCUT2D eigenvalue weighted by molar-refractivity contribution is 0.492. The van der Waals surface area contributed by atoms with E-state index in [9.17, 15) is 0 Å². The van der Waals surface area contributed by atoms with Gasteiger partial charge in [0.05, 0.1) is 5.41 Å². The normalized spacial score (nSPS) is 23.5. The molecule has 2 heteroatoms. The Labute approximate surface area is 119 Å². The second kappa shape index (κ2) is 4.97. The Morgan fingerprint density at radius 3 is 2.10 bits per heavy atom. The summed E-state index contributed by atoms with van der Waals surface area (Å²) >= 11 is 0. The lowest BCUT2D eigenvalue weighted by Gasteiger charge is -2.21. The Hall–Kier alpha value is -2.35. The summed E-state index contributed by atoms with van der Waals surface area (Å²) in [5.41, 5.74) is 1.96. The average molecular weight is 263 g/mol. The molecule has 0 aliphatic carbocycles. The molecular weight excluding hydrogens is 246 g/mol. The van der Waals surface area contributed by atoms with Crippen molar-refractivity contribution >= 4 is 11.7 Å². The fourth-order valence-electron chi connectivity index (χ4n) is 2.58.